The number of hydrogen-bond donors (Lipinski definition) is 1. The minimum Gasteiger partial charge on any atom is -0.464 e. The maximum absolute atomic E-state index is 10.9. The number of hydrogen-bond acceptors (Lipinski definition) is 3. The van der Waals surface area contributed by atoms with E-state index in [0.717, 1.165) is 11.3 Å². The van der Waals surface area contributed by atoms with Crippen molar-refractivity contribution in [2.45, 2.75) is 13.8 Å². The van der Waals surface area contributed by atoms with Crippen LogP contribution in [0.15, 0.2) is 0 Å². The third kappa shape index (κ3) is 1.24. The van der Waals surface area contributed by atoms with Gasteiger partial charge >= 0.3 is 5.97 Å². The Morgan fingerprint density at radius 1 is 1.55 bits per heavy atom. The van der Waals surface area contributed by atoms with Crippen molar-refractivity contribution in [2.24, 2.45) is 0 Å². The van der Waals surface area contributed by atoms with E-state index in [1.54, 1.807) is 0 Å². The number of nitrogens with zero attached hydrogens (tertiary/aromatic N) is 1. The van der Waals surface area contributed by atoms with Gasteiger partial charge in [-0.2, -0.15) is 5.10 Å². The smallest absolute Gasteiger partial charge is 0.358 e. The molecule has 1 aromatic rings. The van der Waals surface area contributed by atoms with Crippen molar-refractivity contribution < 1.29 is 9.53 Å². The molecule has 0 amide bonds. The lowest BCUT2D eigenvalue weighted by molar-refractivity contribution is 0.0593. The second-order valence-electron chi connectivity index (χ2n) is 2.31. The topological polar surface area (TPSA) is 55.0 Å². The van der Waals surface area contributed by atoms with Gasteiger partial charge in [-0.15, -0.1) is 0 Å². The standard InChI is InChI=1S/C7H10N2O2/c1-4-5(2)8-9-6(4)7(10)11-3/h1-3H3,(H,8,9). The number of esters is 1. The number of aromatic amines is 1. The Morgan fingerprint density at radius 3 is 2.55 bits per heavy atom. The molecule has 0 radical (unpaired) electrons. The van der Waals surface area contributed by atoms with Gasteiger partial charge in [0.15, 0.2) is 5.69 Å². The van der Waals surface area contributed by atoms with E-state index in [4.69, 9.17) is 0 Å². The van der Waals surface area contributed by atoms with Crippen molar-refractivity contribution in [3.05, 3.63) is 17.0 Å². The quantitative estimate of drug-likeness (QED) is 0.609. The highest BCUT2D eigenvalue weighted by atomic mass is 16.5. The lowest BCUT2D eigenvalue weighted by Gasteiger charge is -1.93. The summed E-state index contributed by atoms with van der Waals surface area (Å²) in [6, 6.07) is 0. The van der Waals surface area contributed by atoms with Gasteiger partial charge in [0.2, 0.25) is 0 Å². The maximum atomic E-state index is 10.9. The number of carbonyl (C=O) groups excluding carboxylic acids is 1. The van der Waals surface area contributed by atoms with E-state index < -0.39 is 5.97 Å². The molecular formula is C7H10N2O2. The molecule has 4 heteroatoms. The van der Waals surface area contributed by atoms with Gasteiger partial charge < -0.3 is 4.74 Å². The highest BCUT2D eigenvalue weighted by Gasteiger charge is 2.13. The molecule has 0 aliphatic rings. The molecule has 0 saturated heterocycles. The maximum Gasteiger partial charge on any atom is 0.358 e. The lowest BCUT2D eigenvalue weighted by Crippen LogP contribution is -2.03. The minimum absolute atomic E-state index is 0.366. The van der Waals surface area contributed by atoms with E-state index in [1.165, 1.54) is 7.11 Å². The van der Waals surface area contributed by atoms with Crippen molar-refractivity contribution in [3.63, 3.8) is 0 Å². The largest absolute Gasteiger partial charge is 0.464 e. The van der Waals surface area contributed by atoms with Crippen molar-refractivity contribution in [3.8, 4) is 0 Å². The minimum atomic E-state index is -0.396. The van der Waals surface area contributed by atoms with Crippen LogP contribution in [-0.2, 0) is 4.74 Å². The molecule has 0 saturated carbocycles. The zero-order chi connectivity index (χ0) is 8.43. The van der Waals surface area contributed by atoms with Crippen molar-refractivity contribution in [1.82, 2.24) is 10.2 Å². The van der Waals surface area contributed by atoms with Crippen molar-refractivity contribution in [1.29, 1.82) is 0 Å². The first kappa shape index (κ1) is 7.78. The predicted octanol–water partition coefficient (Wildman–Crippen LogP) is 0.813. The SMILES string of the molecule is COC(=O)c1n[nH]c(C)c1C. The van der Waals surface area contributed by atoms with Crippen LogP contribution in [0.25, 0.3) is 0 Å². The summed E-state index contributed by atoms with van der Waals surface area (Å²) in [4.78, 5) is 10.9. The van der Waals surface area contributed by atoms with Gasteiger partial charge in [0.25, 0.3) is 0 Å². The Bertz CT molecular complexity index is 278. The molecule has 0 unspecified atom stereocenters. The van der Waals surface area contributed by atoms with Gasteiger partial charge in [0, 0.05) is 11.3 Å². The average Bonchev–Trinajstić information content (AvgIpc) is 2.32. The van der Waals surface area contributed by atoms with Gasteiger partial charge in [-0.25, -0.2) is 4.79 Å². The first-order valence-electron chi connectivity index (χ1n) is 3.26. The number of nitrogens with one attached hydrogen (secondary N) is 1. The fraction of sp³-hybridized carbons (Fsp3) is 0.429. The third-order valence-electron chi connectivity index (χ3n) is 1.63. The van der Waals surface area contributed by atoms with E-state index in [2.05, 4.69) is 14.9 Å². The molecule has 0 atom stereocenters. The number of rotatable bonds is 1. The normalized spacial score (nSPS) is 9.73. The van der Waals surface area contributed by atoms with Gasteiger partial charge in [-0.05, 0) is 13.8 Å². The summed E-state index contributed by atoms with van der Waals surface area (Å²) in [5, 5.41) is 6.49. The molecule has 0 spiro atoms. The Morgan fingerprint density at radius 2 is 2.18 bits per heavy atom. The Hall–Kier alpha value is -1.32. The summed E-state index contributed by atoms with van der Waals surface area (Å²) in [6.07, 6.45) is 0. The highest BCUT2D eigenvalue weighted by Crippen LogP contribution is 2.08. The molecule has 0 aliphatic heterocycles. The highest BCUT2D eigenvalue weighted by molar-refractivity contribution is 5.88. The van der Waals surface area contributed by atoms with Crippen LogP contribution in [0.4, 0.5) is 0 Å². The number of carbonyl (C=O) groups is 1. The Labute approximate surface area is 64.6 Å². The molecular weight excluding hydrogens is 144 g/mol. The van der Waals surface area contributed by atoms with Crippen LogP contribution in [0.5, 0.6) is 0 Å². The van der Waals surface area contributed by atoms with Crippen molar-refractivity contribution in [2.75, 3.05) is 7.11 Å². The summed E-state index contributed by atoms with van der Waals surface area (Å²) in [5.41, 5.74) is 2.10. The molecule has 0 bridgehead atoms. The molecule has 11 heavy (non-hydrogen) atoms. The predicted molar refractivity (Wildman–Crippen MR) is 39.4 cm³/mol. The number of aryl methyl sites for hydroxylation is 1. The molecule has 1 rings (SSSR count). The summed E-state index contributed by atoms with van der Waals surface area (Å²) in [5.74, 6) is -0.396. The lowest BCUT2D eigenvalue weighted by atomic mass is 10.2. The van der Waals surface area contributed by atoms with Crippen LogP contribution in [0, 0.1) is 13.8 Å². The summed E-state index contributed by atoms with van der Waals surface area (Å²) < 4.78 is 4.51. The number of H-pyrrole nitrogens is 1. The first-order valence-corrected chi connectivity index (χ1v) is 3.26. The van der Waals surface area contributed by atoms with Crippen LogP contribution in [-0.4, -0.2) is 23.3 Å². The van der Waals surface area contributed by atoms with Crippen LogP contribution in [0.3, 0.4) is 0 Å². The first-order chi connectivity index (χ1) is 5.16. The molecule has 1 N–H and O–H groups in total. The Balaban J connectivity index is 3.04. The fourth-order valence-corrected chi connectivity index (χ4v) is 0.780. The molecule has 0 aromatic carbocycles. The number of methoxy groups -OCH3 is 1. The molecule has 1 heterocycles. The van der Waals surface area contributed by atoms with E-state index in [-0.39, 0.29) is 0 Å². The average molecular weight is 154 g/mol. The Kier molecular flexibility index (Phi) is 1.94. The van der Waals surface area contributed by atoms with Gasteiger partial charge in [-0.1, -0.05) is 0 Å². The van der Waals surface area contributed by atoms with Crippen molar-refractivity contribution >= 4 is 5.97 Å². The summed E-state index contributed by atoms with van der Waals surface area (Å²) in [6.45, 7) is 3.68. The fourth-order valence-electron chi connectivity index (χ4n) is 0.780. The van der Waals surface area contributed by atoms with Crippen LogP contribution in [0.1, 0.15) is 21.7 Å². The molecule has 0 aliphatic carbocycles. The zero-order valence-corrected chi connectivity index (χ0v) is 6.76. The third-order valence-corrected chi connectivity index (χ3v) is 1.63. The van der Waals surface area contributed by atoms with E-state index >= 15 is 0 Å². The molecule has 0 fully saturated rings. The van der Waals surface area contributed by atoms with Crippen LogP contribution < -0.4 is 0 Å². The number of aromatic nitrogens is 2. The molecule has 60 valence electrons. The van der Waals surface area contributed by atoms with E-state index in [0.29, 0.717) is 5.69 Å². The molecule has 4 nitrogen and oxygen atoms in total. The molecule has 1 aromatic heterocycles. The van der Waals surface area contributed by atoms with Gasteiger partial charge in [-0.3, -0.25) is 5.10 Å². The zero-order valence-electron chi connectivity index (χ0n) is 6.76. The summed E-state index contributed by atoms with van der Waals surface area (Å²) in [7, 11) is 1.34. The van der Waals surface area contributed by atoms with E-state index in [1.807, 2.05) is 13.8 Å². The second-order valence-corrected chi connectivity index (χ2v) is 2.31. The van der Waals surface area contributed by atoms with E-state index in [9.17, 15) is 4.79 Å². The van der Waals surface area contributed by atoms with Crippen LogP contribution >= 0.6 is 0 Å². The van der Waals surface area contributed by atoms with Gasteiger partial charge in [0.1, 0.15) is 0 Å². The van der Waals surface area contributed by atoms with Crippen LogP contribution in [0.2, 0.25) is 0 Å². The summed E-state index contributed by atoms with van der Waals surface area (Å²) >= 11 is 0. The second kappa shape index (κ2) is 2.74. The number of ether oxygens (including phenoxy) is 1. The van der Waals surface area contributed by atoms with Gasteiger partial charge in [0.05, 0.1) is 7.11 Å². The monoisotopic (exact) mass is 154 g/mol.